The highest BCUT2D eigenvalue weighted by Gasteiger charge is 2.44. The Bertz CT molecular complexity index is 5030. The summed E-state index contributed by atoms with van der Waals surface area (Å²) in [7, 11) is 0. The van der Waals surface area contributed by atoms with Gasteiger partial charge in [-0.1, -0.05) is 271 Å². The molecule has 0 saturated heterocycles. The summed E-state index contributed by atoms with van der Waals surface area (Å²) in [5.74, 6) is 0. The third-order valence-corrected chi connectivity index (χ3v) is 20.8. The maximum Gasteiger partial charge on any atom is 0.144 e. The molecule has 0 spiro atoms. The molecule has 0 fully saturated rings. The highest BCUT2D eigenvalue weighted by atomic mass is 16.3. The normalized spacial score (nSPS) is 12.7. The van der Waals surface area contributed by atoms with Gasteiger partial charge in [-0.2, -0.15) is 0 Å². The van der Waals surface area contributed by atoms with Crippen molar-refractivity contribution in [2.24, 2.45) is 0 Å². The first-order valence-corrected chi connectivity index (χ1v) is 35.1. The Morgan fingerprint density at radius 1 is 0.302 bits per heavy atom. The van der Waals surface area contributed by atoms with Crippen LogP contribution in [0.5, 0.6) is 0 Å². The van der Waals surface area contributed by atoms with Crippen LogP contribution < -0.4 is 9.80 Å². The van der Waals surface area contributed by atoms with E-state index in [-0.39, 0.29) is 5.41 Å². The van der Waals surface area contributed by atoms with E-state index >= 15 is 0 Å². The van der Waals surface area contributed by atoms with Gasteiger partial charge in [0.05, 0.1) is 0 Å². The molecule has 468 valence electrons. The molecular formula is C93H80N2O. The Balaban J connectivity index is 0.722. The van der Waals surface area contributed by atoms with E-state index in [1.165, 1.54) is 157 Å². The van der Waals surface area contributed by atoms with Gasteiger partial charge in [0.2, 0.25) is 0 Å². The van der Waals surface area contributed by atoms with Crippen molar-refractivity contribution in [2.75, 3.05) is 9.80 Å². The van der Waals surface area contributed by atoms with Crippen LogP contribution in [0.1, 0.15) is 100 Å². The molecule has 0 amide bonds. The minimum absolute atomic E-state index is 0.0870. The molecule has 0 saturated carbocycles. The van der Waals surface area contributed by atoms with Gasteiger partial charge in [-0.05, 0) is 217 Å². The second-order valence-corrected chi connectivity index (χ2v) is 26.6. The highest BCUT2D eigenvalue weighted by Crippen LogP contribution is 2.59. The fourth-order valence-corrected chi connectivity index (χ4v) is 15.6. The summed E-state index contributed by atoms with van der Waals surface area (Å²) >= 11 is 0. The Morgan fingerprint density at radius 3 is 1.20 bits per heavy atom. The van der Waals surface area contributed by atoms with E-state index in [1.54, 1.807) is 0 Å². The molecule has 0 bridgehead atoms. The molecule has 14 aromatic rings. The topological polar surface area (TPSA) is 19.6 Å². The van der Waals surface area contributed by atoms with Crippen molar-refractivity contribution in [2.45, 2.75) is 96.3 Å². The number of hydrogen-bond acceptors (Lipinski definition) is 3. The van der Waals surface area contributed by atoms with Gasteiger partial charge in [0, 0.05) is 55.9 Å². The highest BCUT2D eigenvalue weighted by molar-refractivity contribution is 6.18. The maximum atomic E-state index is 7.14. The molecule has 2 aliphatic carbocycles. The first kappa shape index (κ1) is 60.2. The quantitative estimate of drug-likeness (QED) is 0.0631. The summed E-state index contributed by atoms with van der Waals surface area (Å²) in [6.45, 7) is 4.65. The van der Waals surface area contributed by atoms with E-state index in [1.807, 2.05) is 0 Å². The summed E-state index contributed by atoms with van der Waals surface area (Å²) in [6, 6.07) is 113. The van der Waals surface area contributed by atoms with Crippen molar-refractivity contribution in [3.8, 4) is 77.9 Å². The van der Waals surface area contributed by atoms with Gasteiger partial charge in [-0.25, -0.2) is 0 Å². The van der Waals surface area contributed by atoms with Gasteiger partial charge >= 0.3 is 0 Å². The average Bonchev–Trinajstić information content (AvgIpc) is 1.53. The van der Waals surface area contributed by atoms with Crippen LogP contribution >= 0.6 is 0 Å². The number of hydrogen-bond donors (Lipinski definition) is 0. The average molecular weight is 1240 g/mol. The van der Waals surface area contributed by atoms with Crippen LogP contribution in [0.3, 0.4) is 0 Å². The van der Waals surface area contributed by atoms with E-state index < -0.39 is 0 Å². The number of fused-ring (bicyclic) bond motifs is 8. The Labute approximate surface area is 566 Å². The molecule has 0 atom stereocenters. The van der Waals surface area contributed by atoms with Crippen LogP contribution in [0.2, 0.25) is 0 Å². The van der Waals surface area contributed by atoms with E-state index in [2.05, 4.69) is 327 Å². The summed E-state index contributed by atoms with van der Waals surface area (Å²) in [5, 5.41) is 2.36. The number of unbranched alkanes of at least 4 members (excludes halogenated alkanes) is 6. The third kappa shape index (κ3) is 11.5. The Kier molecular flexibility index (Phi) is 16.7. The number of para-hydroxylation sites is 1. The van der Waals surface area contributed by atoms with Gasteiger partial charge in [-0.3, -0.25) is 0 Å². The Morgan fingerprint density at radius 2 is 0.708 bits per heavy atom. The lowest BCUT2D eigenvalue weighted by atomic mass is 9.70. The van der Waals surface area contributed by atoms with Crippen molar-refractivity contribution in [1.82, 2.24) is 0 Å². The lowest BCUT2D eigenvalue weighted by molar-refractivity contribution is 0.401. The molecule has 1 heterocycles. The molecule has 3 nitrogen and oxygen atoms in total. The first-order valence-electron chi connectivity index (χ1n) is 35.1. The number of rotatable bonds is 22. The van der Waals surface area contributed by atoms with E-state index in [0.717, 1.165) is 76.2 Å². The maximum absolute atomic E-state index is 7.14. The van der Waals surface area contributed by atoms with Gasteiger partial charge in [0.25, 0.3) is 0 Å². The summed E-state index contributed by atoms with van der Waals surface area (Å²) in [5.41, 5.74) is 31.4. The smallest absolute Gasteiger partial charge is 0.144 e. The zero-order valence-electron chi connectivity index (χ0n) is 55.2. The molecule has 1 aromatic heterocycles. The molecule has 0 N–H and O–H groups in total. The van der Waals surface area contributed by atoms with Crippen LogP contribution in [0.25, 0.3) is 99.8 Å². The molecule has 16 rings (SSSR count). The summed E-state index contributed by atoms with van der Waals surface area (Å²) in [6.07, 6.45) is 14.5. The van der Waals surface area contributed by atoms with Crippen molar-refractivity contribution < 1.29 is 4.42 Å². The van der Waals surface area contributed by atoms with Gasteiger partial charge in [-0.15, -0.1) is 0 Å². The molecule has 0 radical (unpaired) electrons. The van der Waals surface area contributed by atoms with Crippen LogP contribution in [0.4, 0.5) is 34.1 Å². The monoisotopic (exact) mass is 1240 g/mol. The molecule has 2 aliphatic rings. The number of anilines is 6. The molecule has 0 unspecified atom stereocenters. The second kappa shape index (κ2) is 26.6. The van der Waals surface area contributed by atoms with Gasteiger partial charge in [0.1, 0.15) is 11.2 Å². The first-order chi connectivity index (χ1) is 47.5. The minimum Gasteiger partial charge on any atom is -0.455 e. The zero-order valence-corrected chi connectivity index (χ0v) is 55.2. The predicted octanol–water partition coefficient (Wildman–Crippen LogP) is 26.8. The van der Waals surface area contributed by atoms with Crippen LogP contribution in [-0.2, 0) is 18.3 Å². The van der Waals surface area contributed by atoms with E-state index in [0.29, 0.717) is 0 Å². The van der Waals surface area contributed by atoms with Crippen molar-refractivity contribution in [3.63, 3.8) is 0 Å². The van der Waals surface area contributed by atoms with Crippen molar-refractivity contribution in [3.05, 3.63) is 326 Å². The molecular weight excluding hydrogens is 1160 g/mol. The number of nitrogens with zero attached hydrogens (tertiary/aromatic N) is 2. The molecule has 0 aliphatic heterocycles. The Hall–Kier alpha value is -10.7. The summed E-state index contributed by atoms with van der Waals surface area (Å²) < 4.78 is 7.14. The van der Waals surface area contributed by atoms with Crippen LogP contribution in [0.15, 0.2) is 308 Å². The predicted molar refractivity (Wildman–Crippen MR) is 407 cm³/mol. The van der Waals surface area contributed by atoms with Gasteiger partial charge < -0.3 is 14.2 Å². The fourth-order valence-electron chi connectivity index (χ4n) is 15.6. The molecule has 3 heteroatoms. The van der Waals surface area contributed by atoms with E-state index in [4.69, 9.17) is 4.42 Å². The third-order valence-electron chi connectivity index (χ3n) is 20.8. The van der Waals surface area contributed by atoms with Gasteiger partial charge in [0.15, 0.2) is 0 Å². The molecule has 96 heavy (non-hydrogen) atoms. The number of benzene rings is 13. The minimum atomic E-state index is -0.0870. The van der Waals surface area contributed by atoms with Crippen LogP contribution in [-0.4, -0.2) is 0 Å². The lowest BCUT2D eigenvalue weighted by Gasteiger charge is -2.33. The van der Waals surface area contributed by atoms with Crippen LogP contribution in [0, 0.1) is 0 Å². The molecule has 13 aromatic carbocycles. The second-order valence-electron chi connectivity index (χ2n) is 26.6. The van der Waals surface area contributed by atoms with E-state index in [9.17, 15) is 0 Å². The summed E-state index contributed by atoms with van der Waals surface area (Å²) in [4.78, 5) is 4.81. The number of aryl methyl sites for hydroxylation is 2. The fraction of sp³-hybridized carbons (Fsp3) is 0.161. The largest absolute Gasteiger partial charge is 0.455 e. The lowest BCUT2D eigenvalue weighted by Crippen LogP contribution is -2.25. The van der Waals surface area contributed by atoms with Crippen molar-refractivity contribution in [1.29, 1.82) is 0 Å². The standard InChI is InChI=1S/C93H80N2O/c1-3-5-7-19-59-93(60-20-8-6-4-2)87-33-17-15-31-84(87)91-88(93)64-86(90-85-32-16-18-34-89(85)96-92(90)91)72-46-56-80(57-47-72)94(78-48-37-67(38-49-78)65-23-11-9-12-24-65)79-50-39-69(40-51-79)75-29-22-30-76(62-75)71-43-54-82(55-44-71)95(83-58-45-68-35-36-77(68)63-83)81-52-41-70(42-53-81)74-28-21-27-73(61-74)66-25-13-10-14-26-66/h9-18,21-34,37-58,61-64H,3-8,19-20,35-36,59-60H2,1-2H3. The zero-order chi connectivity index (χ0) is 64.4. The van der Waals surface area contributed by atoms with Crippen molar-refractivity contribution >= 4 is 56.1 Å². The number of furan rings is 1. The SMILES string of the molecule is CCCCCCC1(CCCCCC)c2ccccc2-c2c1cc(-c1ccc(N(c3ccc(-c4ccccc4)cc3)c3ccc(-c4cccc(-c5ccc(N(c6ccc(-c7cccc(-c8ccccc8)c7)cc6)c6ccc7c(c6)CC7)cc5)c4)cc3)cc1)c1c2oc2ccccc21.